The van der Waals surface area contributed by atoms with Crippen LogP contribution in [-0.4, -0.2) is 40.9 Å². The fraction of sp³-hybridized carbons (Fsp3) is 0.304. The van der Waals surface area contributed by atoms with Crippen LogP contribution in [0.5, 0.6) is 11.5 Å². The van der Waals surface area contributed by atoms with E-state index in [4.69, 9.17) is 9.47 Å². The van der Waals surface area contributed by atoms with E-state index < -0.39 is 10.8 Å². The van der Waals surface area contributed by atoms with Crippen molar-refractivity contribution in [1.82, 2.24) is 15.1 Å². The van der Waals surface area contributed by atoms with E-state index in [-0.39, 0.29) is 22.7 Å². The second kappa shape index (κ2) is 9.95. The zero-order valence-electron chi connectivity index (χ0n) is 18.5. The zero-order chi connectivity index (χ0) is 23.3. The summed E-state index contributed by atoms with van der Waals surface area (Å²) in [4.78, 5) is 23.5. The van der Waals surface area contributed by atoms with E-state index in [1.54, 1.807) is 6.92 Å². The first kappa shape index (κ1) is 22.8. The van der Waals surface area contributed by atoms with Gasteiger partial charge in [-0.3, -0.25) is 14.9 Å². The minimum absolute atomic E-state index is 0.0703. The van der Waals surface area contributed by atoms with Crippen molar-refractivity contribution < 1.29 is 19.2 Å². The van der Waals surface area contributed by atoms with E-state index in [2.05, 4.69) is 10.4 Å². The smallest absolute Gasteiger partial charge is 0.286 e. The molecule has 0 spiro atoms. The van der Waals surface area contributed by atoms with Crippen molar-refractivity contribution in [2.75, 3.05) is 20.3 Å². The Bertz CT molecular complexity index is 1120. The van der Waals surface area contributed by atoms with E-state index in [0.29, 0.717) is 19.6 Å². The van der Waals surface area contributed by atoms with Gasteiger partial charge in [-0.25, -0.2) is 4.68 Å². The number of carbonyl (C=O) groups is 1. The van der Waals surface area contributed by atoms with Gasteiger partial charge in [-0.1, -0.05) is 12.1 Å². The summed E-state index contributed by atoms with van der Waals surface area (Å²) in [6, 6.07) is 12.5. The number of methoxy groups -OCH3 is 1. The largest absolute Gasteiger partial charge is 0.493 e. The number of hydrogen-bond donors (Lipinski definition) is 1. The fourth-order valence-electron chi connectivity index (χ4n) is 3.42. The van der Waals surface area contributed by atoms with Crippen molar-refractivity contribution in [3.8, 4) is 17.2 Å². The highest BCUT2D eigenvalue weighted by atomic mass is 16.6. The lowest BCUT2D eigenvalue weighted by Crippen LogP contribution is -2.26. The number of nitro benzene ring substituents is 1. The van der Waals surface area contributed by atoms with Crippen LogP contribution in [0.3, 0.4) is 0 Å². The van der Waals surface area contributed by atoms with Crippen LogP contribution in [0.25, 0.3) is 5.69 Å². The number of nitro groups is 1. The summed E-state index contributed by atoms with van der Waals surface area (Å²) in [5, 5.41) is 18.7. The Labute approximate surface area is 186 Å². The molecule has 0 atom stereocenters. The van der Waals surface area contributed by atoms with Crippen LogP contribution in [0.1, 0.15) is 34.2 Å². The normalized spacial score (nSPS) is 10.6. The van der Waals surface area contributed by atoms with Crippen LogP contribution < -0.4 is 14.8 Å². The quantitative estimate of drug-likeness (QED) is 0.402. The summed E-state index contributed by atoms with van der Waals surface area (Å²) in [5.74, 6) is -0.0529. The highest BCUT2D eigenvalue weighted by molar-refractivity contribution is 5.99. The molecule has 168 valence electrons. The zero-order valence-corrected chi connectivity index (χ0v) is 18.5. The van der Waals surface area contributed by atoms with Crippen LogP contribution in [-0.2, 0) is 6.42 Å². The Kier molecular flexibility index (Phi) is 7.09. The summed E-state index contributed by atoms with van der Waals surface area (Å²) in [6.45, 7) is 6.39. The Morgan fingerprint density at radius 2 is 1.88 bits per heavy atom. The first-order valence-corrected chi connectivity index (χ1v) is 10.2. The van der Waals surface area contributed by atoms with Crippen LogP contribution in [0, 0.1) is 24.0 Å². The molecule has 32 heavy (non-hydrogen) atoms. The molecule has 3 aromatic rings. The summed E-state index contributed by atoms with van der Waals surface area (Å²) >= 11 is 0. The molecule has 0 saturated heterocycles. The summed E-state index contributed by atoms with van der Waals surface area (Å²) in [5.41, 5.74) is 3.58. The van der Waals surface area contributed by atoms with Gasteiger partial charge in [0, 0.05) is 18.3 Å². The van der Waals surface area contributed by atoms with Crippen molar-refractivity contribution in [2.24, 2.45) is 0 Å². The number of hydrogen-bond acceptors (Lipinski definition) is 6. The summed E-state index contributed by atoms with van der Waals surface area (Å²) in [6.07, 6.45) is 0.575. The molecule has 0 aliphatic heterocycles. The van der Waals surface area contributed by atoms with Gasteiger partial charge in [-0.05, 0) is 51.0 Å². The van der Waals surface area contributed by atoms with Crippen molar-refractivity contribution in [2.45, 2.75) is 27.2 Å². The minimum Gasteiger partial charge on any atom is -0.493 e. The molecule has 1 aromatic heterocycles. The molecule has 9 heteroatoms. The van der Waals surface area contributed by atoms with E-state index in [1.807, 2.05) is 48.9 Å². The Morgan fingerprint density at radius 1 is 1.16 bits per heavy atom. The second-order valence-electron chi connectivity index (χ2n) is 7.22. The molecule has 1 amide bonds. The predicted octanol–water partition coefficient (Wildman–Crippen LogP) is 3.78. The molecule has 0 fully saturated rings. The van der Waals surface area contributed by atoms with Gasteiger partial charge < -0.3 is 14.8 Å². The third kappa shape index (κ3) is 5.05. The van der Waals surface area contributed by atoms with Crippen LogP contribution in [0.2, 0.25) is 0 Å². The lowest BCUT2D eigenvalue weighted by Gasteiger charge is -2.12. The van der Waals surface area contributed by atoms with Gasteiger partial charge in [-0.15, -0.1) is 0 Å². The number of nitrogens with zero attached hydrogens (tertiary/aromatic N) is 3. The summed E-state index contributed by atoms with van der Waals surface area (Å²) in [7, 11) is 1.39. The summed E-state index contributed by atoms with van der Waals surface area (Å²) < 4.78 is 12.5. The van der Waals surface area contributed by atoms with Gasteiger partial charge in [0.1, 0.15) is 5.56 Å². The Hall–Kier alpha value is -3.88. The van der Waals surface area contributed by atoms with Crippen molar-refractivity contribution in [3.63, 3.8) is 0 Å². The van der Waals surface area contributed by atoms with Gasteiger partial charge in [0.05, 0.1) is 36.1 Å². The SMILES string of the molecule is CCOc1cc(C(=O)NCCc2ccc(-n3nc(C)cc3C)cc2)c([N+](=O)[O-])cc1OC. The molecule has 0 unspecified atom stereocenters. The Morgan fingerprint density at radius 3 is 2.44 bits per heavy atom. The molecule has 0 aliphatic rings. The maximum Gasteiger partial charge on any atom is 0.286 e. The number of benzene rings is 2. The van der Waals surface area contributed by atoms with Crippen molar-refractivity contribution >= 4 is 11.6 Å². The highest BCUT2D eigenvalue weighted by Gasteiger charge is 2.24. The molecule has 0 bridgehead atoms. The van der Waals surface area contributed by atoms with Gasteiger partial charge in [0.25, 0.3) is 11.6 Å². The number of aromatic nitrogens is 2. The van der Waals surface area contributed by atoms with Crippen LogP contribution in [0.4, 0.5) is 5.69 Å². The molecule has 1 heterocycles. The maximum absolute atomic E-state index is 12.7. The third-order valence-electron chi connectivity index (χ3n) is 4.91. The minimum atomic E-state index is -0.606. The number of aryl methyl sites for hydroxylation is 2. The van der Waals surface area contributed by atoms with Gasteiger partial charge in [0.15, 0.2) is 11.5 Å². The lowest BCUT2D eigenvalue weighted by molar-refractivity contribution is -0.385. The third-order valence-corrected chi connectivity index (χ3v) is 4.91. The van der Waals surface area contributed by atoms with E-state index in [0.717, 1.165) is 22.6 Å². The van der Waals surface area contributed by atoms with Gasteiger partial charge in [-0.2, -0.15) is 5.10 Å². The molecule has 2 aromatic carbocycles. The average molecular weight is 438 g/mol. The number of nitrogens with one attached hydrogen (secondary N) is 1. The number of ether oxygens (including phenoxy) is 2. The van der Waals surface area contributed by atoms with Crippen LogP contribution >= 0.6 is 0 Å². The maximum atomic E-state index is 12.7. The van der Waals surface area contributed by atoms with E-state index in [1.165, 1.54) is 19.2 Å². The molecule has 0 aliphatic carbocycles. The predicted molar refractivity (Wildman–Crippen MR) is 120 cm³/mol. The number of carbonyl (C=O) groups excluding carboxylic acids is 1. The van der Waals surface area contributed by atoms with E-state index >= 15 is 0 Å². The molecular weight excluding hydrogens is 412 g/mol. The Balaban J connectivity index is 1.68. The standard InChI is InChI=1S/C23H26N4O5/c1-5-32-22-13-19(20(27(29)30)14-21(22)31-4)23(28)24-11-10-17-6-8-18(9-7-17)26-16(3)12-15(2)25-26/h6-9,12-14H,5,10-11H2,1-4H3,(H,24,28). The topological polar surface area (TPSA) is 109 Å². The second-order valence-corrected chi connectivity index (χ2v) is 7.22. The highest BCUT2D eigenvalue weighted by Crippen LogP contribution is 2.34. The molecule has 1 N–H and O–H groups in total. The van der Waals surface area contributed by atoms with E-state index in [9.17, 15) is 14.9 Å². The fourth-order valence-corrected chi connectivity index (χ4v) is 3.42. The lowest BCUT2D eigenvalue weighted by atomic mass is 10.1. The first-order chi connectivity index (χ1) is 15.3. The van der Waals surface area contributed by atoms with Gasteiger partial charge >= 0.3 is 0 Å². The number of amides is 1. The molecule has 3 rings (SSSR count). The number of rotatable bonds is 9. The molecule has 0 saturated carbocycles. The average Bonchev–Trinajstić information content (AvgIpc) is 3.11. The first-order valence-electron chi connectivity index (χ1n) is 10.2. The van der Waals surface area contributed by atoms with Crippen molar-refractivity contribution in [3.05, 3.63) is 75.1 Å². The molecular formula is C23H26N4O5. The van der Waals surface area contributed by atoms with Crippen molar-refractivity contribution in [1.29, 1.82) is 0 Å². The molecule has 9 nitrogen and oxygen atoms in total. The van der Waals surface area contributed by atoms with Crippen LogP contribution in [0.15, 0.2) is 42.5 Å². The molecule has 0 radical (unpaired) electrons. The monoisotopic (exact) mass is 438 g/mol. The van der Waals surface area contributed by atoms with Gasteiger partial charge in [0.2, 0.25) is 0 Å².